The van der Waals surface area contributed by atoms with E-state index >= 15 is 0 Å². The van der Waals surface area contributed by atoms with Crippen LogP contribution in [0.15, 0.2) is 0 Å². The highest BCUT2D eigenvalue weighted by molar-refractivity contribution is 4.87. The summed E-state index contributed by atoms with van der Waals surface area (Å²) in [5.74, 6) is 1.73. The molecule has 2 nitrogen and oxygen atoms in total. The molecule has 3 unspecified atom stereocenters. The van der Waals surface area contributed by atoms with Crippen molar-refractivity contribution in [3.63, 3.8) is 0 Å². The summed E-state index contributed by atoms with van der Waals surface area (Å²) in [5.41, 5.74) is 0. The van der Waals surface area contributed by atoms with Gasteiger partial charge in [0.05, 0.1) is 0 Å². The topological polar surface area (TPSA) is 15.3 Å². The van der Waals surface area contributed by atoms with E-state index in [9.17, 15) is 0 Å². The van der Waals surface area contributed by atoms with E-state index in [1.165, 1.54) is 32.4 Å². The van der Waals surface area contributed by atoms with Crippen molar-refractivity contribution in [3.05, 3.63) is 0 Å². The molecule has 1 saturated heterocycles. The SMILES string of the molecule is CCCCC1C(C)CN(C)CC1NC. The number of hydrogen-bond acceptors (Lipinski definition) is 2. The van der Waals surface area contributed by atoms with Crippen LogP contribution in [-0.2, 0) is 0 Å². The van der Waals surface area contributed by atoms with Crippen molar-refractivity contribution in [2.45, 2.75) is 39.2 Å². The van der Waals surface area contributed by atoms with Crippen LogP contribution in [0.4, 0.5) is 0 Å². The Kier molecular flexibility index (Phi) is 4.90. The Morgan fingerprint density at radius 3 is 2.64 bits per heavy atom. The normalized spacial score (nSPS) is 34.7. The molecule has 0 saturated carbocycles. The lowest BCUT2D eigenvalue weighted by Gasteiger charge is -2.41. The summed E-state index contributed by atoms with van der Waals surface area (Å²) in [7, 11) is 4.34. The first-order chi connectivity index (χ1) is 6.69. The Bertz CT molecular complexity index is 158. The van der Waals surface area contributed by atoms with Crippen LogP contribution in [0, 0.1) is 11.8 Å². The zero-order valence-corrected chi connectivity index (χ0v) is 10.2. The minimum atomic E-state index is 0.704. The van der Waals surface area contributed by atoms with Crippen LogP contribution in [0.2, 0.25) is 0 Å². The van der Waals surface area contributed by atoms with E-state index in [1.54, 1.807) is 0 Å². The molecule has 0 radical (unpaired) electrons. The van der Waals surface area contributed by atoms with E-state index in [-0.39, 0.29) is 0 Å². The molecule has 0 aliphatic carbocycles. The van der Waals surface area contributed by atoms with Crippen LogP contribution in [0.5, 0.6) is 0 Å². The average molecular weight is 198 g/mol. The Labute approximate surface area is 89.1 Å². The molecule has 1 aliphatic heterocycles. The predicted molar refractivity (Wildman–Crippen MR) is 62.5 cm³/mol. The highest BCUT2D eigenvalue weighted by Gasteiger charge is 2.31. The van der Waals surface area contributed by atoms with Gasteiger partial charge in [-0.2, -0.15) is 0 Å². The van der Waals surface area contributed by atoms with Gasteiger partial charge in [0.2, 0.25) is 0 Å². The first-order valence-corrected chi connectivity index (χ1v) is 6.04. The van der Waals surface area contributed by atoms with Crippen molar-refractivity contribution in [2.24, 2.45) is 11.8 Å². The van der Waals surface area contributed by atoms with Gasteiger partial charge in [-0.05, 0) is 32.4 Å². The predicted octanol–water partition coefficient (Wildman–Crippen LogP) is 1.96. The molecule has 14 heavy (non-hydrogen) atoms. The Morgan fingerprint density at radius 2 is 2.07 bits per heavy atom. The molecule has 1 N–H and O–H groups in total. The van der Waals surface area contributed by atoms with Crippen molar-refractivity contribution in [1.29, 1.82) is 0 Å². The number of rotatable bonds is 4. The van der Waals surface area contributed by atoms with Crippen molar-refractivity contribution in [3.8, 4) is 0 Å². The summed E-state index contributed by atoms with van der Waals surface area (Å²) in [6.45, 7) is 7.18. The molecule has 0 aromatic heterocycles. The lowest BCUT2D eigenvalue weighted by molar-refractivity contribution is 0.107. The van der Waals surface area contributed by atoms with Gasteiger partial charge in [-0.3, -0.25) is 0 Å². The van der Waals surface area contributed by atoms with Crippen molar-refractivity contribution in [1.82, 2.24) is 10.2 Å². The van der Waals surface area contributed by atoms with E-state index in [1.807, 2.05) is 0 Å². The Balaban J connectivity index is 2.49. The second kappa shape index (κ2) is 5.72. The molecule has 2 heteroatoms. The van der Waals surface area contributed by atoms with Gasteiger partial charge in [-0.15, -0.1) is 0 Å². The van der Waals surface area contributed by atoms with Crippen LogP contribution in [0.1, 0.15) is 33.1 Å². The van der Waals surface area contributed by atoms with E-state index in [0.29, 0.717) is 6.04 Å². The minimum Gasteiger partial charge on any atom is -0.315 e. The zero-order valence-electron chi connectivity index (χ0n) is 10.2. The fraction of sp³-hybridized carbons (Fsp3) is 1.00. The van der Waals surface area contributed by atoms with Gasteiger partial charge in [0.15, 0.2) is 0 Å². The van der Waals surface area contributed by atoms with Gasteiger partial charge in [0, 0.05) is 19.1 Å². The third-order valence-corrected chi connectivity index (χ3v) is 3.62. The average Bonchev–Trinajstić information content (AvgIpc) is 2.15. The van der Waals surface area contributed by atoms with Gasteiger partial charge >= 0.3 is 0 Å². The smallest absolute Gasteiger partial charge is 0.0223 e. The summed E-state index contributed by atoms with van der Waals surface area (Å²) in [6, 6.07) is 0.704. The molecule has 1 rings (SSSR count). The summed E-state index contributed by atoms with van der Waals surface area (Å²) in [5, 5.41) is 3.48. The molecule has 1 heterocycles. The lowest BCUT2D eigenvalue weighted by atomic mass is 9.80. The van der Waals surface area contributed by atoms with E-state index in [4.69, 9.17) is 0 Å². The summed E-state index contributed by atoms with van der Waals surface area (Å²) in [6.07, 6.45) is 4.11. The molecule has 0 aromatic rings. The first kappa shape index (κ1) is 12.0. The van der Waals surface area contributed by atoms with Crippen molar-refractivity contribution >= 4 is 0 Å². The van der Waals surface area contributed by atoms with E-state index in [2.05, 4.69) is 38.2 Å². The fourth-order valence-corrected chi connectivity index (χ4v) is 2.80. The molecule has 84 valence electrons. The molecule has 0 bridgehead atoms. The fourth-order valence-electron chi connectivity index (χ4n) is 2.80. The highest BCUT2D eigenvalue weighted by atomic mass is 15.1. The first-order valence-electron chi connectivity index (χ1n) is 6.04. The van der Waals surface area contributed by atoms with Crippen molar-refractivity contribution in [2.75, 3.05) is 27.2 Å². The molecular formula is C12H26N2. The van der Waals surface area contributed by atoms with Crippen LogP contribution in [-0.4, -0.2) is 38.1 Å². The van der Waals surface area contributed by atoms with E-state index in [0.717, 1.165) is 11.8 Å². The van der Waals surface area contributed by atoms with Gasteiger partial charge < -0.3 is 10.2 Å². The molecule has 3 atom stereocenters. The van der Waals surface area contributed by atoms with Crippen molar-refractivity contribution < 1.29 is 0 Å². The largest absolute Gasteiger partial charge is 0.315 e. The molecule has 0 spiro atoms. The number of piperidine rings is 1. The number of likely N-dealkylation sites (N-methyl/N-ethyl adjacent to an activating group) is 2. The lowest BCUT2D eigenvalue weighted by Crippen LogP contribution is -2.52. The number of nitrogens with one attached hydrogen (secondary N) is 1. The van der Waals surface area contributed by atoms with Gasteiger partial charge in [0.25, 0.3) is 0 Å². The number of unbranched alkanes of at least 4 members (excludes halogenated alkanes) is 1. The van der Waals surface area contributed by atoms with E-state index < -0.39 is 0 Å². The number of nitrogens with zero attached hydrogens (tertiary/aromatic N) is 1. The van der Waals surface area contributed by atoms with Crippen LogP contribution in [0.3, 0.4) is 0 Å². The van der Waals surface area contributed by atoms with Crippen LogP contribution in [0.25, 0.3) is 0 Å². The maximum absolute atomic E-state index is 3.48. The molecule has 1 fully saturated rings. The number of hydrogen-bond donors (Lipinski definition) is 1. The number of likely N-dealkylation sites (tertiary alicyclic amines) is 1. The Morgan fingerprint density at radius 1 is 1.36 bits per heavy atom. The second-order valence-corrected chi connectivity index (χ2v) is 4.90. The standard InChI is InChI=1S/C12H26N2/c1-5-6-7-11-10(2)8-14(4)9-12(11)13-3/h10-13H,5-9H2,1-4H3. The third-order valence-electron chi connectivity index (χ3n) is 3.62. The van der Waals surface area contributed by atoms with Gasteiger partial charge in [0.1, 0.15) is 0 Å². The van der Waals surface area contributed by atoms with Crippen LogP contribution < -0.4 is 5.32 Å². The minimum absolute atomic E-state index is 0.704. The second-order valence-electron chi connectivity index (χ2n) is 4.90. The Hall–Kier alpha value is -0.0800. The molecule has 0 aromatic carbocycles. The third kappa shape index (κ3) is 2.96. The summed E-state index contributed by atoms with van der Waals surface area (Å²) in [4.78, 5) is 2.45. The highest BCUT2D eigenvalue weighted by Crippen LogP contribution is 2.27. The summed E-state index contributed by atoms with van der Waals surface area (Å²) < 4.78 is 0. The molecule has 1 aliphatic rings. The van der Waals surface area contributed by atoms with Gasteiger partial charge in [-0.1, -0.05) is 26.7 Å². The summed E-state index contributed by atoms with van der Waals surface area (Å²) >= 11 is 0. The van der Waals surface area contributed by atoms with Gasteiger partial charge in [-0.25, -0.2) is 0 Å². The quantitative estimate of drug-likeness (QED) is 0.743. The maximum atomic E-state index is 3.48. The van der Waals surface area contributed by atoms with Crippen LogP contribution >= 0.6 is 0 Å². The monoisotopic (exact) mass is 198 g/mol. The zero-order chi connectivity index (χ0) is 10.6. The molecule has 0 amide bonds. The molecular weight excluding hydrogens is 172 g/mol. The maximum Gasteiger partial charge on any atom is 0.0223 e.